The Bertz CT molecular complexity index is 661. The van der Waals surface area contributed by atoms with Gasteiger partial charge in [-0.3, -0.25) is 13.9 Å². The lowest BCUT2D eigenvalue weighted by Crippen LogP contribution is -2.56. The number of likely N-dealkylation sites (tertiary alicyclic amines) is 1. The first-order valence-corrected chi connectivity index (χ1v) is 9.14. The van der Waals surface area contributed by atoms with Crippen LogP contribution in [0.1, 0.15) is 12.0 Å². The van der Waals surface area contributed by atoms with Gasteiger partial charge in [-0.15, -0.1) is 0 Å². The van der Waals surface area contributed by atoms with Gasteiger partial charge >= 0.3 is 0 Å². The van der Waals surface area contributed by atoms with Gasteiger partial charge in [0.1, 0.15) is 5.60 Å². The van der Waals surface area contributed by atoms with Gasteiger partial charge in [-0.1, -0.05) is 30.3 Å². The molecule has 2 atom stereocenters. The zero-order valence-electron chi connectivity index (χ0n) is 12.5. The Hall–Kier alpha value is -1.44. The summed E-state index contributed by atoms with van der Waals surface area (Å²) < 4.78 is 28.6. The highest BCUT2D eigenvalue weighted by molar-refractivity contribution is 7.86. The summed E-state index contributed by atoms with van der Waals surface area (Å²) in [7, 11) is -3.63. The normalized spacial score (nSPS) is 29.1. The van der Waals surface area contributed by atoms with Gasteiger partial charge in [-0.05, 0) is 18.5 Å². The molecule has 1 amide bonds. The Balaban J connectivity index is 1.80. The number of piperidine rings is 1. The van der Waals surface area contributed by atoms with Gasteiger partial charge in [0.05, 0.1) is 18.7 Å². The average molecular weight is 324 g/mol. The van der Waals surface area contributed by atoms with E-state index in [2.05, 4.69) is 10.2 Å². The van der Waals surface area contributed by atoms with Crippen molar-refractivity contribution >= 4 is 16.0 Å². The highest BCUT2D eigenvalue weighted by Gasteiger charge is 2.54. The van der Waals surface area contributed by atoms with E-state index in [1.165, 1.54) is 0 Å². The highest BCUT2D eigenvalue weighted by atomic mass is 32.2. The lowest BCUT2D eigenvalue weighted by Gasteiger charge is -2.41. The molecule has 2 aliphatic rings. The molecule has 22 heavy (non-hydrogen) atoms. The number of nitrogens with zero attached hydrogens (tertiary/aromatic N) is 1. The van der Waals surface area contributed by atoms with Crippen molar-refractivity contribution in [3.05, 3.63) is 35.9 Å². The van der Waals surface area contributed by atoms with Crippen LogP contribution in [0.2, 0.25) is 0 Å². The average Bonchev–Trinajstić information content (AvgIpc) is 2.74. The summed E-state index contributed by atoms with van der Waals surface area (Å²) in [5.41, 5.74) is 0.185. The summed E-state index contributed by atoms with van der Waals surface area (Å²) in [5, 5.41) is 2.75. The van der Waals surface area contributed by atoms with Crippen LogP contribution in [0.4, 0.5) is 0 Å². The predicted octanol–water partition coefficient (Wildman–Crippen LogP) is 0.353. The molecule has 120 valence electrons. The van der Waals surface area contributed by atoms with E-state index in [1.54, 1.807) is 0 Å². The number of hydrogen-bond acceptors (Lipinski definition) is 5. The van der Waals surface area contributed by atoms with Crippen molar-refractivity contribution in [2.75, 3.05) is 25.9 Å². The number of carbonyl (C=O) groups is 1. The molecule has 0 aliphatic carbocycles. The molecular weight excluding hydrogens is 304 g/mol. The first-order valence-electron chi connectivity index (χ1n) is 7.33. The van der Waals surface area contributed by atoms with Crippen LogP contribution >= 0.6 is 0 Å². The van der Waals surface area contributed by atoms with Crippen molar-refractivity contribution in [3.63, 3.8) is 0 Å². The van der Waals surface area contributed by atoms with E-state index >= 15 is 0 Å². The van der Waals surface area contributed by atoms with Crippen LogP contribution in [0.15, 0.2) is 30.3 Å². The molecule has 0 radical (unpaired) electrons. The Morgan fingerprint density at radius 3 is 2.77 bits per heavy atom. The third-order valence-electron chi connectivity index (χ3n) is 4.30. The second-order valence-electron chi connectivity index (χ2n) is 6.11. The molecular formula is C15H20N2O4S. The molecule has 2 saturated heterocycles. The van der Waals surface area contributed by atoms with Crippen LogP contribution in [0.5, 0.6) is 0 Å². The largest absolute Gasteiger partial charge is 0.353 e. The number of rotatable bonds is 4. The van der Waals surface area contributed by atoms with E-state index in [1.807, 2.05) is 30.3 Å². The first kappa shape index (κ1) is 15.5. The minimum Gasteiger partial charge on any atom is -0.353 e. The third-order valence-corrected chi connectivity index (χ3v) is 4.94. The van der Waals surface area contributed by atoms with E-state index in [0.29, 0.717) is 13.0 Å². The van der Waals surface area contributed by atoms with E-state index in [4.69, 9.17) is 4.18 Å². The van der Waals surface area contributed by atoms with E-state index in [9.17, 15) is 13.2 Å². The lowest BCUT2D eigenvalue weighted by atomic mass is 9.83. The van der Waals surface area contributed by atoms with Gasteiger partial charge in [-0.2, -0.15) is 8.42 Å². The van der Waals surface area contributed by atoms with E-state index in [0.717, 1.165) is 24.9 Å². The zero-order chi connectivity index (χ0) is 15.8. The molecule has 1 N–H and O–H groups in total. The summed E-state index contributed by atoms with van der Waals surface area (Å²) in [6, 6.07) is 9.99. The van der Waals surface area contributed by atoms with Crippen molar-refractivity contribution in [3.8, 4) is 0 Å². The minimum absolute atomic E-state index is 0.108. The molecule has 2 heterocycles. The summed E-state index contributed by atoms with van der Waals surface area (Å²) in [6.07, 6.45) is 1.64. The Morgan fingerprint density at radius 2 is 2.09 bits per heavy atom. The molecule has 0 saturated carbocycles. The van der Waals surface area contributed by atoms with Crippen molar-refractivity contribution in [2.45, 2.75) is 18.6 Å². The van der Waals surface area contributed by atoms with Gasteiger partial charge in [0.25, 0.3) is 10.1 Å². The molecule has 0 bridgehead atoms. The van der Waals surface area contributed by atoms with Gasteiger partial charge in [0, 0.05) is 13.1 Å². The van der Waals surface area contributed by atoms with Crippen molar-refractivity contribution in [2.24, 2.45) is 5.92 Å². The van der Waals surface area contributed by atoms with Crippen molar-refractivity contribution in [1.29, 1.82) is 0 Å². The molecule has 0 spiro atoms. The van der Waals surface area contributed by atoms with Gasteiger partial charge in [0.15, 0.2) is 0 Å². The third kappa shape index (κ3) is 3.16. The standard InChI is InChI=1S/C15H20N2O4S/c1-22(19,20)21-15-10-16-14(18)13(15)7-8-17(11-15)9-12-5-3-2-4-6-12/h2-6,13H,7-11H2,1H3,(H,16,18)/t13-,15?/m1/s1. The van der Waals surface area contributed by atoms with Gasteiger partial charge in [0.2, 0.25) is 5.91 Å². The Kier molecular flexibility index (Phi) is 3.96. The van der Waals surface area contributed by atoms with Crippen LogP contribution in [-0.4, -0.2) is 50.7 Å². The maximum Gasteiger partial charge on any atom is 0.265 e. The number of amides is 1. The van der Waals surface area contributed by atoms with Crippen LogP contribution in [0, 0.1) is 5.92 Å². The second kappa shape index (κ2) is 5.64. The second-order valence-corrected chi connectivity index (χ2v) is 7.68. The molecule has 1 unspecified atom stereocenters. The zero-order valence-corrected chi connectivity index (χ0v) is 13.3. The number of hydrogen-bond donors (Lipinski definition) is 1. The van der Waals surface area contributed by atoms with Gasteiger partial charge < -0.3 is 5.32 Å². The molecule has 7 heteroatoms. The van der Waals surface area contributed by atoms with Crippen LogP contribution in [0.3, 0.4) is 0 Å². The molecule has 1 aromatic rings. The number of fused-ring (bicyclic) bond motifs is 1. The van der Waals surface area contributed by atoms with Crippen LogP contribution in [-0.2, 0) is 25.6 Å². The van der Waals surface area contributed by atoms with Crippen molar-refractivity contribution in [1.82, 2.24) is 10.2 Å². The summed E-state index contributed by atoms with van der Waals surface area (Å²) in [5.74, 6) is -0.503. The molecule has 1 aromatic carbocycles. The molecule has 0 aromatic heterocycles. The fraction of sp³-hybridized carbons (Fsp3) is 0.533. The summed E-state index contributed by atoms with van der Waals surface area (Å²) in [4.78, 5) is 14.1. The summed E-state index contributed by atoms with van der Waals surface area (Å²) in [6.45, 7) is 2.14. The Labute approximate surface area is 130 Å². The fourth-order valence-electron chi connectivity index (χ4n) is 3.44. The monoisotopic (exact) mass is 324 g/mol. The minimum atomic E-state index is -3.63. The van der Waals surface area contributed by atoms with Crippen LogP contribution < -0.4 is 5.32 Å². The summed E-state index contributed by atoms with van der Waals surface area (Å²) >= 11 is 0. The van der Waals surface area contributed by atoms with Crippen LogP contribution in [0.25, 0.3) is 0 Å². The highest BCUT2D eigenvalue weighted by Crippen LogP contribution is 2.36. The molecule has 2 fully saturated rings. The predicted molar refractivity (Wildman–Crippen MR) is 81.5 cm³/mol. The van der Waals surface area contributed by atoms with E-state index < -0.39 is 21.6 Å². The SMILES string of the molecule is CS(=O)(=O)OC12CNC(=O)[C@H]1CCN(Cc1ccccc1)C2. The van der Waals surface area contributed by atoms with E-state index in [-0.39, 0.29) is 12.5 Å². The lowest BCUT2D eigenvalue weighted by molar-refractivity contribution is -0.128. The quantitative estimate of drug-likeness (QED) is 0.809. The molecule has 6 nitrogen and oxygen atoms in total. The fourth-order valence-corrected chi connectivity index (χ4v) is 4.27. The number of nitrogens with one attached hydrogen (secondary N) is 1. The molecule has 3 rings (SSSR count). The van der Waals surface area contributed by atoms with Crippen molar-refractivity contribution < 1.29 is 17.4 Å². The smallest absolute Gasteiger partial charge is 0.265 e. The number of carbonyl (C=O) groups excluding carboxylic acids is 1. The maximum atomic E-state index is 12.0. The first-order chi connectivity index (χ1) is 10.4. The number of benzene rings is 1. The van der Waals surface area contributed by atoms with Gasteiger partial charge in [-0.25, -0.2) is 0 Å². The molecule has 2 aliphatic heterocycles. The Morgan fingerprint density at radius 1 is 1.36 bits per heavy atom. The maximum absolute atomic E-state index is 12.0. The topological polar surface area (TPSA) is 75.7 Å².